The molecule has 0 bridgehead atoms. The van der Waals surface area contributed by atoms with Gasteiger partial charge in [-0.15, -0.1) is 0 Å². The Morgan fingerprint density at radius 3 is 2.45 bits per heavy atom. The summed E-state index contributed by atoms with van der Waals surface area (Å²) in [5.74, 6) is -0.390. The van der Waals surface area contributed by atoms with Gasteiger partial charge in [0, 0.05) is 16.3 Å². The third-order valence-electron chi connectivity index (χ3n) is 3.35. The molecule has 20 heavy (non-hydrogen) atoms. The standard InChI is InChI=1S/C16H12ClNO2/c1-10-2-5-12(6-3-10)18-14-8-11(17)4-7-13(14)15(19)9-16(18)20/h2-8H,9H2,1H3. The predicted octanol–water partition coefficient (Wildman–Crippen LogP) is 3.90. The van der Waals surface area contributed by atoms with Crippen LogP contribution in [0.1, 0.15) is 22.3 Å². The SMILES string of the molecule is Cc1ccc(N2C(=O)CC(=O)c3ccc(Cl)cc32)cc1. The molecule has 3 nitrogen and oxygen atoms in total. The number of ketones is 1. The zero-order chi connectivity index (χ0) is 14.3. The molecule has 1 aliphatic rings. The molecule has 100 valence electrons. The number of benzene rings is 2. The predicted molar refractivity (Wildman–Crippen MR) is 78.7 cm³/mol. The first-order valence-corrected chi connectivity index (χ1v) is 6.66. The van der Waals surface area contributed by atoms with E-state index in [1.54, 1.807) is 23.1 Å². The van der Waals surface area contributed by atoms with Crippen LogP contribution >= 0.6 is 11.6 Å². The minimum atomic E-state index is -0.228. The van der Waals surface area contributed by atoms with Gasteiger partial charge in [0.15, 0.2) is 5.78 Å². The van der Waals surface area contributed by atoms with Gasteiger partial charge in [-0.2, -0.15) is 0 Å². The summed E-state index contributed by atoms with van der Waals surface area (Å²) in [6.07, 6.45) is -0.109. The first-order chi connectivity index (χ1) is 9.56. The number of nitrogens with zero attached hydrogens (tertiary/aromatic N) is 1. The van der Waals surface area contributed by atoms with Crippen LogP contribution in [0.15, 0.2) is 42.5 Å². The van der Waals surface area contributed by atoms with Crippen molar-refractivity contribution in [3.05, 3.63) is 58.6 Å². The lowest BCUT2D eigenvalue weighted by atomic mass is 9.99. The van der Waals surface area contributed by atoms with Crippen molar-refractivity contribution in [2.24, 2.45) is 0 Å². The van der Waals surface area contributed by atoms with Crippen LogP contribution in [0, 0.1) is 6.92 Å². The Morgan fingerprint density at radius 2 is 1.75 bits per heavy atom. The molecule has 0 atom stereocenters. The molecule has 0 radical (unpaired) electrons. The molecule has 3 rings (SSSR count). The van der Waals surface area contributed by atoms with Crippen LogP contribution in [0.4, 0.5) is 11.4 Å². The number of amides is 1. The monoisotopic (exact) mass is 285 g/mol. The molecule has 0 N–H and O–H groups in total. The van der Waals surface area contributed by atoms with Gasteiger partial charge in [0.2, 0.25) is 5.91 Å². The van der Waals surface area contributed by atoms with E-state index in [0.717, 1.165) is 11.3 Å². The molecule has 0 spiro atoms. The van der Waals surface area contributed by atoms with Crippen molar-refractivity contribution < 1.29 is 9.59 Å². The zero-order valence-electron chi connectivity index (χ0n) is 10.9. The van der Waals surface area contributed by atoms with E-state index < -0.39 is 0 Å². The van der Waals surface area contributed by atoms with Gasteiger partial charge in [-0.1, -0.05) is 29.3 Å². The fraction of sp³-hybridized carbons (Fsp3) is 0.125. The van der Waals surface area contributed by atoms with Crippen LogP contribution in [0.25, 0.3) is 0 Å². The zero-order valence-corrected chi connectivity index (χ0v) is 11.6. The van der Waals surface area contributed by atoms with Crippen molar-refractivity contribution in [1.29, 1.82) is 0 Å². The first kappa shape index (κ1) is 12.9. The quantitative estimate of drug-likeness (QED) is 0.745. The van der Waals surface area contributed by atoms with Crippen molar-refractivity contribution in [2.45, 2.75) is 13.3 Å². The van der Waals surface area contributed by atoms with Crippen LogP contribution in [-0.4, -0.2) is 11.7 Å². The second-order valence-corrected chi connectivity index (χ2v) is 5.26. The molecule has 2 aromatic carbocycles. The van der Waals surface area contributed by atoms with E-state index in [1.165, 1.54) is 0 Å². The smallest absolute Gasteiger partial charge is 0.239 e. The number of halogens is 1. The average Bonchev–Trinajstić information content (AvgIpc) is 2.40. The van der Waals surface area contributed by atoms with E-state index in [9.17, 15) is 9.59 Å². The maximum atomic E-state index is 12.2. The summed E-state index contributed by atoms with van der Waals surface area (Å²) in [7, 11) is 0. The van der Waals surface area contributed by atoms with Gasteiger partial charge < -0.3 is 0 Å². The van der Waals surface area contributed by atoms with Crippen molar-refractivity contribution >= 4 is 34.7 Å². The van der Waals surface area contributed by atoms with Gasteiger partial charge in [-0.25, -0.2) is 0 Å². The number of hydrogen-bond acceptors (Lipinski definition) is 2. The third-order valence-corrected chi connectivity index (χ3v) is 3.59. The number of hydrogen-bond donors (Lipinski definition) is 0. The highest BCUT2D eigenvalue weighted by Crippen LogP contribution is 2.35. The fourth-order valence-corrected chi connectivity index (χ4v) is 2.51. The van der Waals surface area contributed by atoms with Crippen LogP contribution in [0.2, 0.25) is 5.02 Å². The highest BCUT2D eigenvalue weighted by Gasteiger charge is 2.30. The lowest BCUT2D eigenvalue weighted by Gasteiger charge is -2.29. The maximum absolute atomic E-state index is 12.2. The molecule has 0 saturated heterocycles. The lowest BCUT2D eigenvalue weighted by Crippen LogP contribution is -2.33. The number of fused-ring (bicyclic) bond motifs is 1. The molecule has 1 aliphatic heterocycles. The van der Waals surface area contributed by atoms with Gasteiger partial charge in [0.05, 0.1) is 12.1 Å². The van der Waals surface area contributed by atoms with Gasteiger partial charge in [-0.05, 0) is 37.3 Å². The Balaban J connectivity index is 2.18. The average molecular weight is 286 g/mol. The molecule has 0 unspecified atom stereocenters. The second-order valence-electron chi connectivity index (χ2n) is 4.83. The summed E-state index contributed by atoms with van der Waals surface area (Å²) in [6.45, 7) is 1.98. The molecule has 1 amide bonds. The molecule has 0 saturated carbocycles. The van der Waals surface area contributed by atoms with Crippen LogP contribution in [0.5, 0.6) is 0 Å². The van der Waals surface area contributed by atoms with Crippen molar-refractivity contribution in [3.8, 4) is 0 Å². The number of carbonyl (C=O) groups excluding carboxylic acids is 2. The largest absolute Gasteiger partial charge is 0.294 e. The van der Waals surface area contributed by atoms with Crippen molar-refractivity contribution in [3.63, 3.8) is 0 Å². The number of anilines is 2. The Morgan fingerprint density at radius 1 is 1.05 bits per heavy atom. The number of carbonyl (C=O) groups is 2. The highest BCUT2D eigenvalue weighted by atomic mass is 35.5. The molecule has 2 aromatic rings. The van der Waals surface area contributed by atoms with Crippen molar-refractivity contribution in [1.82, 2.24) is 0 Å². The number of rotatable bonds is 1. The first-order valence-electron chi connectivity index (χ1n) is 6.28. The summed E-state index contributed by atoms with van der Waals surface area (Å²) in [5, 5.41) is 0.503. The molecule has 0 aromatic heterocycles. The minimum absolute atomic E-state index is 0.109. The topological polar surface area (TPSA) is 37.4 Å². The van der Waals surface area contributed by atoms with E-state index in [2.05, 4.69) is 0 Å². The Bertz CT molecular complexity index is 707. The van der Waals surface area contributed by atoms with E-state index in [1.807, 2.05) is 31.2 Å². The van der Waals surface area contributed by atoms with Gasteiger partial charge >= 0.3 is 0 Å². The van der Waals surface area contributed by atoms with E-state index in [4.69, 9.17) is 11.6 Å². The molecule has 0 aliphatic carbocycles. The number of Topliss-reactive ketones (excluding diaryl/α,β-unsaturated/α-hetero) is 1. The number of aryl methyl sites for hydroxylation is 1. The summed E-state index contributed by atoms with van der Waals surface area (Å²) < 4.78 is 0. The van der Waals surface area contributed by atoms with E-state index in [-0.39, 0.29) is 18.1 Å². The third kappa shape index (κ3) is 2.10. The van der Waals surface area contributed by atoms with Gasteiger partial charge in [0.25, 0.3) is 0 Å². The van der Waals surface area contributed by atoms with Gasteiger partial charge in [-0.3, -0.25) is 14.5 Å². The minimum Gasteiger partial charge on any atom is -0.294 e. The van der Waals surface area contributed by atoms with E-state index >= 15 is 0 Å². The maximum Gasteiger partial charge on any atom is 0.239 e. The van der Waals surface area contributed by atoms with Crippen molar-refractivity contribution in [2.75, 3.05) is 4.90 Å². The highest BCUT2D eigenvalue weighted by molar-refractivity contribution is 6.32. The van der Waals surface area contributed by atoms with E-state index in [0.29, 0.717) is 16.3 Å². The normalized spacial score (nSPS) is 14.4. The summed E-state index contributed by atoms with van der Waals surface area (Å²) >= 11 is 6.00. The molecule has 1 heterocycles. The van der Waals surface area contributed by atoms with Crippen LogP contribution in [-0.2, 0) is 4.79 Å². The fourth-order valence-electron chi connectivity index (χ4n) is 2.35. The Hall–Kier alpha value is -2.13. The molecular formula is C16H12ClNO2. The summed E-state index contributed by atoms with van der Waals surface area (Å²) in [4.78, 5) is 25.7. The molecule has 0 fully saturated rings. The molecular weight excluding hydrogens is 274 g/mol. The van der Waals surface area contributed by atoms with Gasteiger partial charge in [0.1, 0.15) is 0 Å². The Kier molecular flexibility index (Phi) is 3.07. The second kappa shape index (κ2) is 4.76. The van der Waals surface area contributed by atoms with Crippen LogP contribution in [0.3, 0.4) is 0 Å². The van der Waals surface area contributed by atoms with Crippen LogP contribution < -0.4 is 4.90 Å². The lowest BCUT2D eigenvalue weighted by molar-refractivity contribution is -0.117. The summed E-state index contributed by atoms with van der Waals surface area (Å²) in [5.41, 5.74) is 2.95. The Labute approximate surface area is 121 Å². The molecule has 4 heteroatoms. The summed E-state index contributed by atoms with van der Waals surface area (Å²) in [6, 6.07) is 12.6.